The number of pyridine rings is 1. The lowest BCUT2D eigenvalue weighted by Crippen LogP contribution is -2.55. The predicted octanol–water partition coefficient (Wildman–Crippen LogP) is 2.10. The summed E-state index contributed by atoms with van der Waals surface area (Å²) in [5.74, 6) is -1.72. The van der Waals surface area contributed by atoms with E-state index in [4.69, 9.17) is 0 Å². The number of carboxylic acid groups (broad SMARTS) is 1. The third kappa shape index (κ3) is 2.56. The van der Waals surface area contributed by atoms with E-state index in [1.165, 1.54) is 0 Å². The summed E-state index contributed by atoms with van der Waals surface area (Å²) >= 11 is 0. The molecule has 6 nitrogen and oxygen atoms in total. The van der Waals surface area contributed by atoms with Gasteiger partial charge in [0.2, 0.25) is 0 Å². The zero-order chi connectivity index (χ0) is 15.7. The van der Waals surface area contributed by atoms with Gasteiger partial charge in [-0.15, -0.1) is 0 Å². The van der Waals surface area contributed by atoms with E-state index in [0.29, 0.717) is 24.2 Å². The summed E-state index contributed by atoms with van der Waals surface area (Å²) in [5.41, 5.74) is 0.273. The number of carboxylic acids is 1. The van der Waals surface area contributed by atoms with Gasteiger partial charge in [-0.05, 0) is 31.9 Å². The molecule has 0 spiro atoms. The molecule has 0 aromatic carbocycles. The predicted molar refractivity (Wildman–Crippen MR) is 80.7 cm³/mol. The van der Waals surface area contributed by atoms with Crippen LogP contribution in [0.4, 0.5) is 0 Å². The lowest BCUT2D eigenvalue weighted by atomic mass is 9.74. The molecule has 0 bridgehead atoms. The van der Waals surface area contributed by atoms with E-state index in [0.717, 1.165) is 12.8 Å². The van der Waals surface area contributed by atoms with Crippen molar-refractivity contribution in [3.8, 4) is 0 Å². The molecule has 116 valence electrons. The second-order valence-electron chi connectivity index (χ2n) is 6.10. The van der Waals surface area contributed by atoms with Gasteiger partial charge in [-0.1, -0.05) is 18.9 Å². The molecule has 1 aliphatic carbocycles. The number of carbonyl (C=O) groups is 2. The highest BCUT2D eigenvalue weighted by Crippen LogP contribution is 2.34. The SMILES string of the molecule is CC1(NC(=O)c2cn3ccccc3n2)CCCCC1C(=O)O. The van der Waals surface area contributed by atoms with Crippen LogP contribution >= 0.6 is 0 Å². The molecule has 2 atom stereocenters. The first-order valence-electron chi connectivity index (χ1n) is 7.49. The van der Waals surface area contributed by atoms with Gasteiger partial charge in [-0.2, -0.15) is 0 Å². The van der Waals surface area contributed by atoms with Crippen LogP contribution in [0.1, 0.15) is 43.1 Å². The Balaban J connectivity index is 1.84. The van der Waals surface area contributed by atoms with Gasteiger partial charge in [0, 0.05) is 12.4 Å². The van der Waals surface area contributed by atoms with Crippen molar-refractivity contribution in [1.29, 1.82) is 0 Å². The van der Waals surface area contributed by atoms with Gasteiger partial charge in [-0.25, -0.2) is 4.98 Å². The van der Waals surface area contributed by atoms with E-state index in [9.17, 15) is 14.7 Å². The Labute approximate surface area is 128 Å². The molecule has 0 saturated heterocycles. The Kier molecular flexibility index (Phi) is 3.60. The van der Waals surface area contributed by atoms with Crippen LogP contribution in [0.3, 0.4) is 0 Å². The number of fused-ring (bicyclic) bond motifs is 1. The first kappa shape index (κ1) is 14.6. The molecule has 2 N–H and O–H groups in total. The molecule has 2 aromatic rings. The maximum atomic E-state index is 12.5. The lowest BCUT2D eigenvalue weighted by Gasteiger charge is -2.39. The van der Waals surface area contributed by atoms with Crippen LogP contribution in [0.5, 0.6) is 0 Å². The van der Waals surface area contributed by atoms with Crippen molar-refractivity contribution in [1.82, 2.24) is 14.7 Å². The lowest BCUT2D eigenvalue weighted by molar-refractivity contribution is -0.145. The summed E-state index contributed by atoms with van der Waals surface area (Å²) < 4.78 is 1.77. The van der Waals surface area contributed by atoms with Crippen molar-refractivity contribution in [3.63, 3.8) is 0 Å². The number of aromatic nitrogens is 2. The summed E-state index contributed by atoms with van der Waals surface area (Å²) in [6.45, 7) is 1.82. The van der Waals surface area contributed by atoms with Crippen LogP contribution in [0.2, 0.25) is 0 Å². The van der Waals surface area contributed by atoms with Crippen molar-refractivity contribution in [3.05, 3.63) is 36.3 Å². The van der Waals surface area contributed by atoms with Crippen LogP contribution in [-0.2, 0) is 4.79 Å². The van der Waals surface area contributed by atoms with Crippen LogP contribution in [0.15, 0.2) is 30.6 Å². The normalized spacial score (nSPS) is 25.0. The minimum Gasteiger partial charge on any atom is -0.481 e. The van der Waals surface area contributed by atoms with Crippen LogP contribution < -0.4 is 5.32 Å². The number of rotatable bonds is 3. The summed E-state index contributed by atoms with van der Waals surface area (Å²) in [6.07, 6.45) is 6.55. The average Bonchev–Trinajstić information content (AvgIpc) is 2.91. The van der Waals surface area contributed by atoms with Gasteiger partial charge in [0.1, 0.15) is 11.3 Å². The van der Waals surface area contributed by atoms with Crippen molar-refractivity contribution < 1.29 is 14.7 Å². The molecule has 22 heavy (non-hydrogen) atoms. The number of hydrogen-bond acceptors (Lipinski definition) is 3. The molecule has 3 rings (SSSR count). The second kappa shape index (κ2) is 5.44. The zero-order valence-corrected chi connectivity index (χ0v) is 12.5. The standard InChI is InChI=1S/C16H19N3O3/c1-16(8-4-2-6-11(16)15(21)22)18-14(20)12-10-19-9-5-3-7-13(19)17-12/h3,5,7,9-11H,2,4,6,8H2,1H3,(H,18,20)(H,21,22). The van der Waals surface area contributed by atoms with E-state index in [1.807, 2.05) is 31.3 Å². The van der Waals surface area contributed by atoms with Gasteiger partial charge in [-0.3, -0.25) is 9.59 Å². The number of carbonyl (C=O) groups excluding carboxylic acids is 1. The molecule has 2 aromatic heterocycles. The number of amides is 1. The summed E-state index contributed by atoms with van der Waals surface area (Å²) in [5, 5.41) is 12.3. The first-order chi connectivity index (χ1) is 10.5. The monoisotopic (exact) mass is 301 g/mol. The highest BCUT2D eigenvalue weighted by Gasteiger charge is 2.42. The molecule has 2 heterocycles. The fourth-order valence-electron chi connectivity index (χ4n) is 3.25. The molecule has 0 radical (unpaired) electrons. The van der Waals surface area contributed by atoms with Gasteiger partial charge >= 0.3 is 5.97 Å². The number of nitrogens with one attached hydrogen (secondary N) is 1. The first-order valence-corrected chi connectivity index (χ1v) is 7.49. The molecule has 1 saturated carbocycles. The van der Waals surface area contributed by atoms with E-state index < -0.39 is 17.4 Å². The molecule has 6 heteroatoms. The number of hydrogen-bond donors (Lipinski definition) is 2. The third-order valence-electron chi connectivity index (χ3n) is 4.50. The Morgan fingerprint density at radius 2 is 2.23 bits per heavy atom. The average molecular weight is 301 g/mol. The number of imidazole rings is 1. The minimum atomic E-state index is -0.850. The van der Waals surface area contributed by atoms with Crippen LogP contribution in [-0.4, -0.2) is 31.9 Å². The molecule has 0 aliphatic heterocycles. The molecular formula is C16H19N3O3. The largest absolute Gasteiger partial charge is 0.481 e. The summed E-state index contributed by atoms with van der Waals surface area (Å²) in [4.78, 5) is 28.2. The molecular weight excluding hydrogens is 282 g/mol. The Bertz CT molecular complexity index is 691. The van der Waals surface area contributed by atoms with E-state index in [1.54, 1.807) is 10.6 Å². The maximum absolute atomic E-state index is 12.5. The van der Waals surface area contributed by atoms with Crippen LogP contribution in [0, 0.1) is 5.92 Å². The fourth-order valence-corrected chi connectivity index (χ4v) is 3.25. The summed E-state index contributed by atoms with van der Waals surface area (Å²) in [6, 6.07) is 5.53. The Morgan fingerprint density at radius 3 is 2.95 bits per heavy atom. The van der Waals surface area contributed by atoms with Crippen molar-refractivity contribution in [2.75, 3.05) is 0 Å². The fraction of sp³-hybridized carbons (Fsp3) is 0.438. The summed E-state index contributed by atoms with van der Waals surface area (Å²) in [7, 11) is 0. The number of nitrogens with zero attached hydrogens (tertiary/aromatic N) is 2. The van der Waals surface area contributed by atoms with E-state index >= 15 is 0 Å². The van der Waals surface area contributed by atoms with Crippen molar-refractivity contribution in [2.24, 2.45) is 5.92 Å². The van der Waals surface area contributed by atoms with Crippen LogP contribution in [0.25, 0.3) is 5.65 Å². The maximum Gasteiger partial charge on any atom is 0.308 e. The highest BCUT2D eigenvalue weighted by molar-refractivity contribution is 5.93. The zero-order valence-electron chi connectivity index (χ0n) is 12.5. The van der Waals surface area contributed by atoms with Crippen molar-refractivity contribution in [2.45, 2.75) is 38.1 Å². The number of aliphatic carboxylic acids is 1. The van der Waals surface area contributed by atoms with Crippen molar-refractivity contribution >= 4 is 17.5 Å². The highest BCUT2D eigenvalue weighted by atomic mass is 16.4. The second-order valence-corrected chi connectivity index (χ2v) is 6.10. The smallest absolute Gasteiger partial charge is 0.308 e. The molecule has 1 amide bonds. The Morgan fingerprint density at radius 1 is 1.41 bits per heavy atom. The Hall–Kier alpha value is -2.37. The third-order valence-corrected chi connectivity index (χ3v) is 4.50. The minimum absolute atomic E-state index is 0.308. The molecule has 1 fully saturated rings. The van der Waals surface area contributed by atoms with Gasteiger partial charge < -0.3 is 14.8 Å². The molecule has 1 aliphatic rings. The quantitative estimate of drug-likeness (QED) is 0.909. The van der Waals surface area contributed by atoms with Gasteiger partial charge in [0.15, 0.2) is 0 Å². The molecule has 2 unspecified atom stereocenters. The van der Waals surface area contributed by atoms with E-state index in [2.05, 4.69) is 10.3 Å². The topological polar surface area (TPSA) is 83.7 Å². The van der Waals surface area contributed by atoms with Gasteiger partial charge in [0.25, 0.3) is 5.91 Å². The van der Waals surface area contributed by atoms with Gasteiger partial charge in [0.05, 0.1) is 11.5 Å². The van der Waals surface area contributed by atoms with E-state index in [-0.39, 0.29) is 5.91 Å².